The standard InChI is InChI=1S/C10H15F3N4O/c1-2-17-8(7(14)6-16-17)9(18)15-5-3-4-10(11,12)13/h6H,2-5,14H2,1H3,(H,15,18). The molecule has 0 aliphatic carbocycles. The molecule has 8 heteroatoms. The van der Waals surface area contributed by atoms with Crippen molar-refractivity contribution in [2.45, 2.75) is 32.5 Å². The number of nitrogens with two attached hydrogens (primary N) is 1. The topological polar surface area (TPSA) is 72.9 Å². The highest BCUT2D eigenvalue weighted by molar-refractivity contribution is 5.97. The Bertz CT molecular complexity index is 414. The first kappa shape index (κ1) is 14.3. The molecule has 102 valence electrons. The lowest BCUT2D eigenvalue weighted by molar-refractivity contribution is -0.135. The van der Waals surface area contributed by atoms with E-state index in [0.29, 0.717) is 6.54 Å². The molecule has 1 heterocycles. The number of alkyl halides is 3. The average molecular weight is 264 g/mol. The minimum absolute atomic E-state index is 0.0489. The van der Waals surface area contributed by atoms with Crippen molar-refractivity contribution < 1.29 is 18.0 Å². The molecule has 5 nitrogen and oxygen atoms in total. The lowest BCUT2D eigenvalue weighted by Gasteiger charge is -2.09. The Balaban J connectivity index is 2.48. The van der Waals surface area contributed by atoms with Crippen LogP contribution in [0.25, 0.3) is 0 Å². The Morgan fingerprint density at radius 1 is 1.56 bits per heavy atom. The third kappa shape index (κ3) is 3.94. The largest absolute Gasteiger partial charge is 0.396 e. The van der Waals surface area contributed by atoms with Gasteiger partial charge in [0, 0.05) is 19.5 Å². The number of aryl methyl sites for hydroxylation is 1. The second-order valence-electron chi connectivity index (χ2n) is 3.74. The van der Waals surface area contributed by atoms with Gasteiger partial charge in [0.05, 0.1) is 11.9 Å². The fourth-order valence-electron chi connectivity index (χ4n) is 1.46. The molecule has 3 N–H and O–H groups in total. The molecule has 0 aromatic carbocycles. The molecule has 0 saturated heterocycles. The van der Waals surface area contributed by atoms with E-state index in [1.807, 2.05) is 0 Å². The highest BCUT2D eigenvalue weighted by Gasteiger charge is 2.26. The van der Waals surface area contributed by atoms with Gasteiger partial charge < -0.3 is 11.1 Å². The van der Waals surface area contributed by atoms with Crippen LogP contribution in [0.3, 0.4) is 0 Å². The van der Waals surface area contributed by atoms with Crippen LogP contribution in [0.15, 0.2) is 6.20 Å². The SMILES string of the molecule is CCn1ncc(N)c1C(=O)NCCCC(F)(F)F. The van der Waals surface area contributed by atoms with Crippen LogP contribution >= 0.6 is 0 Å². The van der Waals surface area contributed by atoms with Crippen LogP contribution in [0.2, 0.25) is 0 Å². The first-order valence-electron chi connectivity index (χ1n) is 5.51. The summed E-state index contributed by atoms with van der Waals surface area (Å²) in [5, 5.41) is 6.27. The molecule has 0 bridgehead atoms. The van der Waals surface area contributed by atoms with Crippen LogP contribution in [0, 0.1) is 0 Å². The van der Waals surface area contributed by atoms with E-state index < -0.39 is 18.5 Å². The second-order valence-corrected chi connectivity index (χ2v) is 3.74. The lowest BCUT2D eigenvalue weighted by Crippen LogP contribution is -2.28. The van der Waals surface area contributed by atoms with Gasteiger partial charge in [-0.3, -0.25) is 9.48 Å². The van der Waals surface area contributed by atoms with Gasteiger partial charge in [0.2, 0.25) is 0 Å². The average Bonchev–Trinajstić information content (AvgIpc) is 2.64. The molecule has 1 amide bonds. The number of rotatable bonds is 5. The number of nitrogens with zero attached hydrogens (tertiary/aromatic N) is 2. The molecule has 18 heavy (non-hydrogen) atoms. The summed E-state index contributed by atoms with van der Waals surface area (Å²) < 4.78 is 37.1. The molecule has 1 rings (SSSR count). The lowest BCUT2D eigenvalue weighted by atomic mass is 10.3. The number of amides is 1. The Hall–Kier alpha value is -1.73. The first-order valence-corrected chi connectivity index (χ1v) is 5.51. The molecule has 0 atom stereocenters. The van der Waals surface area contributed by atoms with Crippen LogP contribution in [-0.4, -0.2) is 28.4 Å². The number of aromatic nitrogens is 2. The van der Waals surface area contributed by atoms with E-state index in [0.717, 1.165) is 0 Å². The van der Waals surface area contributed by atoms with Crippen molar-refractivity contribution in [2.24, 2.45) is 0 Å². The molecule has 0 aliphatic heterocycles. The van der Waals surface area contributed by atoms with Gasteiger partial charge in [0.25, 0.3) is 5.91 Å². The second kappa shape index (κ2) is 5.74. The maximum atomic E-state index is 11.9. The van der Waals surface area contributed by atoms with Gasteiger partial charge in [0.1, 0.15) is 5.69 Å². The van der Waals surface area contributed by atoms with Crippen molar-refractivity contribution >= 4 is 11.6 Å². The van der Waals surface area contributed by atoms with E-state index >= 15 is 0 Å². The molecule has 0 aliphatic rings. The molecule has 1 aromatic heterocycles. The number of nitrogens with one attached hydrogen (secondary N) is 1. The quantitative estimate of drug-likeness (QED) is 0.793. The minimum atomic E-state index is -4.20. The summed E-state index contributed by atoms with van der Waals surface area (Å²) in [6.45, 7) is 2.20. The Morgan fingerprint density at radius 2 is 2.22 bits per heavy atom. The number of anilines is 1. The molecule has 0 fully saturated rings. The maximum absolute atomic E-state index is 11.9. The third-order valence-corrected chi connectivity index (χ3v) is 2.30. The fraction of sp³-hybridized carbons (Fsp3) is 0.600. The fourth-order valence-corrected chi connectivity index (χ4v) is 1.46. The smallest absolute Gasteiger partial charge is 0.389 e. The maximum Gasteiger partial charge on any atom is 0.389 e. The Kier molecular flexibility index (Phi) is 4.57. The highest BCUT2D eigenvalue weighted by Crippen LogP contribution is 2.20. The third-order valence-electron chi connectivity index (χ3n) is 2.30. The van der Waals surface area contributed by atoms with E-state index in [1.54, 1.807) is 6.92 Å². The number of hydrogen-bond acceptors (Lipinski definition) is 3. The molecule has 0 saturated carbocycles. The van der Waals surface area contributed by atoms with Gasteiger partial charge in [-0.15, -0.1) is 0 Å². The zero-order valence-electron chi connectivity index (χ0n) is 9.92. The van der Waals surface area contributed by atoms with E-state index in [9.17, 15) is 18.0 Å². The molecule has 0 radical (unpaired) electrons. The van der Waals surface area contributed by atoms with Gasteiger partial charge in [-0.05, 0) is 13.3 Å². The Labute approximate surface area is 102 Å². The van der Waals surface area contributed by atoms with E-state index in [-0.39, 0.29) is 24.3 Å². The van der Waals surface area contributed by atoms with E-state index in [4.69, 9.17) is 5.73 Å². The van der Waals surface area contributed by atoms with Crippen LogP contribution in [0.4, 0.5) is 18.9 Å². The molecular weight excluding hydrogens is 249 g/mol. The van der Waals surface area contributed by atoms with Gasteiger partial charge in [-0.2, -0.15) is 18.3 Å². The van der Waals surface area contributed by atoms with Crippen molar-refractivity contribution in [1.29, 1.82) is 0 Å². The van der Waals surface area contributed by atoms with Crippen molar-refractivity contribution in [3.63, 3.8) is 0 Å². The zero-order chi connectivity index (χ0) is 13.8. The van der Waals surface area contributed by atoms with Crippen molar-refractivity contribution in [1.82, 2.24) is 15.1 Å². The summed E-state index contributed by atoms with van der Waals surface area (Å²) in [6, 6.07) is 0. The first-order chi connectivity index (χ1) is 8.35. The van der Waals surface area contributed by atoms with Crippen LogP contribution in [0.1, 0.15) is 30.3 Å². The predicted octanol–water partition coefficient (Wildman–Crippen LogP) is 1.56. The van der Waals surface area contributed by atoms with Crippen molar-refractivity contribution in [3.8, 4) is 0 Å². The molecule has 0 spiro atoms. The number of halogens is 3. The monoisotopic (exact) mass is 264 g/mol. The summed E-state index contributed by atoms with van der Waals surface area (Å²) in [5.74, 6) is -0.506. The van der Waals surface area contributed by atoms with E-state index in [2.05, 4.69) is 10.4 Å². The van der Waals surface area contributed by atoms with Crippen LogP contribution in [0.5, 0.6) is 0 Å². The minimum Gasteiger partial charge on any atom is -0.396 e. The highest BCUT2D eigenvalue weighted by atomic mass is 19.4. The van der Waals surface area contributed by atoms with Crippen LogP contribution < -0.4 is 11.1 Å². The van der Waals surface area contributed by atoms with Crippen LogP contribution in [-0.2, 0) is 6.54 Å². The normalized spacial score (nSPS) is 11.6. The summed E-state index contributed by atoms with van der Waals surface area (Å²) in [5.41, 5.74) is 5.97. The Morgan fingerprint density at radius 3 is 2.78 bits per heavy atom. The number of hydrogen-bond donors (Lipinski definition) is 2. The van der Waals surface area contributed by atoms with Gasteiger partial charge >= 0.3 is 6.18 Å². The summed E-state index contributed by atoms with van der Waals surface area (Å²) in [6.07, 6.45) is -3.94. The summed E-state index contributed by atoms with van der Waals surface area (Å²) in [7, 11) is 0. The van der Waals surface area contributed by atoms with Gasteiger partial charge in [-0.25, -0.2) is 0 Å². The zero-order valence-corrected chi connectivity index (χ0v) is 9.92. The number of nitrogen functional groups attached to an aromatic ring is 1. The van der Waals surface area contributed by atoms with Gasteiger partial charge in [0.15, 0.2) is 0 Å². The van der Waals surface area contributed by atoms with E-state index in [1.165, 1.54) is 10.9 Å². The van der Waals surface area contributed by atoms with Crippen molar-refractivity contribution in [3.05, 3.63) is 11.9 Å². The summed E-state index contributed by atoms with van der Waals surface area (Å²) >= 11 is 0. The number of carbonyl (C=O) groups is 1. The molecule has 0 unspecified atom stereocenters. The molecular formula is C10H15F3N4O. The van der Waals surface area contributed by atoms with Crippen molar-refractivity contribution in [2.75, 3.05) is 12.3 Å². The molecule has 1 aromatic rings. The predicted molar refractivity (Wildman–Crippen MR) is 59.9 cm³/mol. The number of carbonyl (C=O) groups excluding carboxylic acids is 1. The van der Waals surface area contributed by atoms with Gasteiger partial charge in [-0.1, -0.05) is 0 Å². The summed E-state index contributed by atoms with van der Waals surface area (Å²) in [4.78, 5) is 11.7.